The highest BCUT2D eigenvalue weighted by Crippen LogP contribution is 2.16. The lowest BCUT2D eigenvalue weighted by atomic mass is 9.96. The predicted octanol–water partition coefficient (Wildman–Crippen LogP) is 0.783. The predicted molar refractivity (Wildman–Crippen MR) is 109 cm³/mol. The Bertz CT molecular complexity index is 360. The van der Waals surface area contributed by atoms with Gasteiger partial charge in [0.2, 0.25) is 5.91 Å². The van der Waals surface area contributed by atoms with Crippen molar-refractivity contribution >= 4 is 35.8 Å². The number of hydrogen-bond donors (Lipinski definition) is 3. The Balaban J connectivity index is 0.00000529. The van der Waals surface area contributed by atoms with Crippen LogP contribution in [0.2, 0.25) is 0 Å². The first-order valence-electron chi connectivity index (χ1n) is 8.62. The van der Waals surface area contributed by atoms with Gasteiger partial charge in [0.25, 0.3) is 0 Å². The van der Waals surface area contributed by atoms with Crippen molar-refractivity contribution in [1.29, 1.82) is 0 Å². The van der Waals surface area contributed by atoms with E-state index in [4.69, 9.17) is 10.5 Å². The minimum Gasteiger partial charge on any atom is -0.385 e. The van der Waals surface area contributed by atoms with E-state index >= 15 is 0 Å². The maximum absolute atomic E-state index is 11.1. The Morgan fingerprint density at radius 1 is 1.21 bits per heavy atom. The lowest BCUT2D eigenvalue weighted by Crippen LogP contribution is -2.40. The fourth-order valence-corrected chi connectivity index (χ4v) is 2.75. The largest absolute Gasteiger partial charge is 0.385 e. The molecule has 0 radical (unpaired) electrons. The lowest BCUT2D eigenvalue weighted by Gasteiger charge is -2.30. The minimum absolute atomic E-state index is 0. The van der Waals surface area contributed by atoms with Crippen molar-refractivity contribution in [2.75, 3.05) is 53.5 Å². The molecule has 1 aliphatic heterocycles. The number of piperidine rings is 1. The number of carbonyl (C=O) groups excluding carboxylic acids is 1. The molecule has 0 aliphatic carbocycles. The van der Waals surface area contributed by atoms with Crippen LogP contribution in [0.3, 0.4) is 0 Å². The zero-order valence-corrected chi connectivity index (χ0v) is 17.4. The molecular weight excluding hydrogens is 421 g/mol. The lowest BCUT2D eigenvalue weighted by molar-refractivity contribution is -0.123. The maximum Gasteiger partial charge on any atom is 0.220 e. The van der Waals surface area contributed by atoms with Crippen LogP contribution >= 0.6 is 24.0 Å². The molecule has 0 spiro atoms. The molecule has 7 nitrogen and oxygen atoms in total. The average molecular weight is 455 g/mol. The van der Waals surface area contributed by atoms with Crippen molar-refractivity contribution < 1.29 is 9.53 Å². The quantitative estimate of drug-likeness (QED) is 0.196. The maximum atomic E-state index is 11.1. The van der Waals surface area contributed by atoms with E-state index < -0.39 is 0 Å². The van der Waals surface area contributed by atoms with Gasteiger partial charge in [-0.1, -0.05) is 0 Å². The van der Waals surface area contributed by atoms with Gasteiger partial charge in [-0.15, -0.1) is 24.0 Å². The summed E-state index contributed by atoms with van der Waals surface area (Å²) in [6.07, 6.45) is 5.04. The van der Waals surface area contributed by atoms with Crippen LogP contribution in [0.1, 0.15) is 32.1 Å². The second-order valence-corrected chi connectivity index (χ2v) is 6.00. The van der Waals surface area contributed by atoms with Gasteiger partial charge in [0.15, 0.2) is 5.96 Å². The van der Waals surface area contributed by atoms with E-state index in [2.05, 4.69) is 20.5 Å². The second kappa shape index (κ2) is 14.7. The number of nitrogens with two attached hydrogens (primary N) is 1. The molecule has 0 aromatic rings. The fourth-order valence-electron chi connectivity index (χ4n) is 2.75. The molecule has 0 aromatic carbocycles. The molecule has 1 saturated heterocycles. The van der Waals surface area contributed by atoms with Crippen molar-refractivity contribution in [3.05, 3.63) is 0 Å². The number of carbonyl (C=O) groups is 1. The molecule has 0 aromatic heterocycles. The van der Waals surface area contributed by atoms with Gasteiger partial charge in [0.05, 0.1) is 0 Å². The summed E-state index contributed by atoms with van der Waals surface area (Å²) in [4.78, 5) is 17.8. The highest BCUT2D eigenvalue weighted by molar-refractivity contribution is 14.0. The van der Waals surface area contributed by atoms with Gasteiger partial charge in [-0.25, -0.2) is 0 Å². The van der Waals surface area contributed by atoms with Crippen LogP contribution in [0, 0.1) is 5.92 Å². The first-order chi connectivity index (χ1) is 11.2. The third-order valence-electron chi connectivity index (χ3n) is 4.22. The number of nitrogens with one attached hydrogen (secondary N) is 2. The SMILES string of the molecule is CN=C(NCCCCN1CCC(C(N)=O)CC1)NCCCOC.I. The number of primary amides is 1. The summed E-state index contributed by atoms with van der Waals surface area (Å²) in [6, 6.07) is 0. The van der Waals surface area contributed by atoms with Crippen molar-refractivity contribution in [1.82, 2.24) is 15.5 Å². The van der Waals surface area contributed by atoms with E-state index in [9.17, 15) is 4.79 Å². The third-order valence-corrected chi connectivity index (χ3v) is 4.22. The van der Waals surface area contributed by atoms with Crippen molar-refractivity contribution in [3.8, 4) is 0 Å². The Morgan fingerprint density at radius 2 is 1.83 bits per heavy atom. The fraction of sp³-hybridized carbons (Fsp3) is 0.875. The van der Waals surface area contributed by atoms with E-state index in [0.29, 0.717) is 0 Å². The molecule has 24 heavy (non-hydrogen) atoms. The number of ether oxygens (including phenoxy) is 1. The smallest absolute Gasteiger partial charge is 0.220 e. The van der Waals surface area contributed by atoms with E-state index in [1.165, 1.54) is 0 Å². The van der Waals surface area contributed by atoms with Gasteiger partial charge in [-0.2, -0.15) is 0 Å². The van der Waals surface area contributed by atoms with Crippen molar-refractivity contribution in [3.63, 3.8) is 0 Å². The van der Waals surface area contributed by atoms with Crippen LogP contribution in [0.5, 0.6) is 0 Å². The Morgan fingerprint density at radius 3 is 2.38 bits per heavy atom. The number of rotatable bonds is 10. The zero-order chi connectivity index (χ0) is 16.9. The number of hydrogen-bond acceptors (Lipinski definition) is 4. The van der Waals surface area contributed by atoms with Crippen LogP contribution in [-0.4, -0.2) is 70.3 Å². The molecule has 1 rings (SSSR count). The molecule has 4 N–H and O–H groups in total. The summed E-state index contributed by atoms with van der Waals surface area (Å²) in [5, 5.41) is 6.59. The van der Waals surface area contributed by atoms with Gasteiger partial charge in [0, 0.05) is 39.8 Å². The number of nitrogens with zero attached hydrogens (tertiary/aromatic N) is 2. The molecule has 142 valence electrons. The molecule has 0 saturated carbocycles. The summed E-state index contributed by atoms with van der Waals surface area (Å²) in [5.74, 6) is 0.794. The molecule has 1 aliphatic rings. The van der Waals surface area contributed by atoms with E-state index in [-0.39, 0.29) is 35.8 Å². The highest BCUT2D eigenvalue weighted by atomic mass is 127. The third kappa shape index (κ3) is 10.3. The number of guanidine groups is 1. The van der Waals surface area contributed by atoms with Gasteiger partial charge >= 0.3 is 0 Å². The van der Waals surface area contributed by atoms with E-state index in [1.54, 1.807) is 14.2 Å². The summed E-state index contributed by atoms with van der Waals surface area (Å²) < 4.78 is 5.02. The molecule has 0 unspecified atom stereocenters. The average Bonchev–Trinajstić information content (AvgIpc) is 2.57. The molecule has 1 amide bonds. The monoisotopic (exact) mass is 455 g/mol. The van der Waals surface area contributed by atoms with E-state index in [1.807, 2.05) is 0 Å². The van der Waals surface area contributed by atoms with Crippen LogP contribution in [0.25, 0.3) is 0 Å². The summed E-state index contributed by atoms with van der Waals surface area (Å²) in [5.41, 5.74) is 5.36. The Kier molecular flexibility index (Phi) is 14.3. The summed E-state index contributed by atoms with van der Waals surface area (Å²) >= 11 is 0. The van der Waals surface area contributed by atoms with Crippen molar-refractivity contribution in [2.45, 2.75) is 32.1 Å². The topological polar surface area (TPSA) is 92.0 Å². The van der Waals surface area contributed by atoms with Gasteiger partial charge in [0.1, 0.15) is 0 Å². The number of unbranched alkanes of at least 4 members (excludes halogenated alkanes) is 1. The summed E-state index contributed by atoms with van der Waals surface area (Å²) in [7, 11) is 3.50. The number of likely N-dealkylation sites (tertiary alicyclic amines) is 1. The highest BCUT2D eigenvalue weighted by Gasteiger charge is 2.22. The van der Waals surface area contributed by atoms with Crippen LogP contribution < -0.4 is 16.4 Å². The molecular formula is C16H34IN5O2. The van der Waals surface area contributed by atoms with E-state index in [0.717, 1.165) is 77.4 Å². The minimum atomic E-state index is -0.141. The van der Waals surface area contributed by atoms with Gasteiger partial charge < -0.3 is 26.0 Å². The first-order valence-corrected chi connectivity index (χ1v) is 8.62. The van der Waals surface area contributed by atoms with Gasteiger partial charge in [-0.05, 0) is 51.7 Å². The molecule has 1 fully saturated rings. The number of amides is 1. The number of methoxy groups -OCH3 is 1. The summed E-state index contributed by atoms with van der Waals surface area (Å²) in [6.45, 7) is 5.61. The normalized spacial score (nSPS) is 16.5. The number of halogens is 1. The molecule has 1 heterocycles. The molecule has 0 bridgehead atoms. The van der Waals surface area contributed by atoms with Crippen LogP contribution in [-0.2, 0) is 9.53 Å². The Labute approximate surface area is 163 Å². The zero-order valence-electron chi connectivity index (χ0n) is 15.1. The first kappa shape index (κ1) is 23.4. The van der Waals surface area contributed by atoms with Crippen LogP contribution in [0.15, 0.2) is 4.99 Å². The van der Waals surface area contributed by atoms with Gasteiger partial charge in [-0.3, -0.25) is 9.79 Å². The number of aliphatic imine (C=N–C) groups is 1. The van der Waals surface area contributed by atoms with Crippen molar-refractivity contribution in [2.24, 2.45) is 16.6 Å². The molecule has 8 heteroatoms. The Hall–Kier alpha value is -0.610. The molecule has 0 atom stereocenters. The van der Waals surface area contributed by atoms with Crippen LogP contribution in [0.4, 0.5) is 0 Å². The standard InChI is InChI=1S/C16H33N5O2.HI/c1-18-16(20-9-5-13-23-2)19-8-3-4-10-21-11-6-14(7-12-21)15(17)22;/h14H,3-13H2,1-2H3,(H2,17,22)(H2,18,19,20);1H. The second-order valence-electron chi connectivity index (χ2n) is 6.00.